The molecule has 0 bridgehead atoms. The van der Waals surface area contributed by atoms with E-state index in [1.165, 1.54) is 57.8 Å². The van der Waals surface area contributed by atoms with Crippen LogP contribution in [0.5, 0.6) is 0 Å². The number of aromatic nitrogens is 1. The molecule has 49 heavy (non-hydrogen) atoms. The molecule has 7 rings (SSSR count). The summed E-state index contributed by atoms with van der Waals surface area (Å²) in [7, 11) is 0. The van der Waals surface area contributed by atoms with Crippen molar-refractivity contribution < 1.29 is 14.7 Å². The highest BCUT2D eigenvalue weighted by Crippen LogP contribution is 2.68. The lowest BCUT2D eigenvalue weighted by Gasteiger charge is -2.61. The van der Waals surface area contributed by atoms with Crippen molar-refractivity contribution in [1.82, 2.24) is 4.98 Å². The van der Waals surface area contributed by atoms with Gasteiger partial charge in [-0.05, 0) is 149 Å². The van der Waals surface area contributed by atoms with E-state index >= 15 is 0 Å². The van der Waals surface area contributed by atoms with Crippen molar-refractivity contribution in [3.05, 3.63) is 70.9 Å². The zero-order chi connectivity index (χ0) is 34.3. The number of fused-ring (bicyclic) bond motifs is 6. The first-order valence-corrected chi connectivity index (χ1v) is 19.0. The Labute approximate surface area is 293 Å². The third-order valence-electron chi connectivity index (χ3n) is 14.1. The van der Waals surface area contributed by atoms with Crippen LogP contribution < -0.4 is 5.32 Å². The van der Waals surface area contributed by atoms with Crippen LogP contribution in [0, 0.1) is 65.1 Å². The van der Waals surface area contributed by atoms with E-state index < -0.39 is 5.97 Å². The Morgan fingerprint density at radius 1 is 0.939 bits per heavy atom. The van der Waals surface area contributed by atoms with Crippen molar-refractivity contribution in [3.63, 3.8) is 0 Å². The zero-order valence-electron chi connectivity index (χ0n) is 30.0. The smallest absolute Gasteiger partial charge is 0.303 e. The second kappa shape index (κ2) is 13.6. The molecule has 0 amide bonds. The SMILES string of the molecule is CC(=O)c1c(C)nc2ccccc2c1NCc1ccc(C#CC2CCC3(C)C(CCC4C5CCC(CCCC(=O)O)C5(C)CCC43)C2)cc1. The predicted molar refractivity (Wildman–Crippen MR) is 197 cm³/mol. The molecule has 2 N–H and O–H groups in total. The summed E-state index contributed by atoms with van der Waals surface area (Å²) in [5, 5.41) is 13.7. The number of Topliss-reactive ketones (excluding diaryl/α,β-unsaturated/α-hetero) is 1. The summed E-state index contributed by atoms with van der Waals surface area (Å²) in [5.74, 6) is 11.1. The summed E-state index contributed by atoms with van der Waals surface area (Å²) in [5.41, 5.74) is 6.26. The molecule has 2 aromatic carbocycles. The quantitative estimate of drug-likeness (QED) is 0.186. The fraction of sp³-hybridized carbons (Fsp3) is 0.568. The van der Waals surface area contributed by atoms with Gasteiger partial charge in [0.15, 0.2) is 5.78 Å². The molecule has 1 heterocycles. The third-order valence-corrected chi connectivity index (χ3v) is 14.1. The average Bonchev–Trinajstić information content (AvgIpc) is 3.42. The van der Waals surface area contributed by atoms with Gasteiger partial charge in [-0.25, -0.2) is 0 Å². The Hall–Kier alpha value is -3.65. The van der Waals surface area contributed by atoms with Crippen LogP contribution in [0.1, 0.15) is 125 Å². The summed E-state index contributed by atoms with van der Waals surface area (Å²) < 4.78 is 0. The van der Waals surface area contributed by atoms with Crippen molar-refractivity contribution in [2.75, 3.05) is 5.32 Å². The highest BCUT2D eigenvalue weighted by molar-refractivity contribution is 6.08. The van der Waals surface area contributed by atoms with E-state index in [0.29, 0.717) is 41.2 Å². The number of benzene rings is 2. The van der Waals surface area contributed by atoms with Crippen LogP contribution in [-0.4, -0.2) is 21.8 Å². The monoisotopic (exact) mass is 658 g/mol. The molecule has 0 spiro atoms. The lowest BCUT2D eigenvalue weighted by molar-refractivity contribution is -0.137. The normalized spacial score (nSPS) is 31.9. The molecular formula is C44H54N2O3. The minimum absolute atomic E-state index is 0.0235. The van der Waals surface area contributed by atoms with Gasteiger partial charge in [0.05, 0.1) is 22.5 Å². The van der Waals surface area contributed by atoms with Crippen LogP contribution in [0.3, 0.4) is 0 Å². The number of hydrogen-bond donors (Lipinski definition) is 2. The second-order valence-electron chi connectivity index (χ2n) is 16.6. The molecule has 4 fully saturated rings. The summed E-state index contributed by atoms with van der Waals surface area (Å²) >= 11 is 0. The summed E-state index contributed by atoms with van der Waals surface area (Å²) in [6, 6.07) is 16.6. The summed E-state index contributed by atoms with van der Waals surface area (Å²) in [6.45, 7) is 9.36. The predicted octanol–water partition coefficient (Wildman–Crippen LogP) is 10.2. The Balaban J connectivity index is 0.968. The van der Waals surface area contributed by atoms with Gasteiger partial charge in [0.1, 0.15) is 0 Å². The van der Waals surface area contributed by atoms with Gasteiger partial charge in [0.25, 0.3) is 0 Å². The van der Waals surface area contributed by atoms with Gasteiger partial charge < -0.3 is 10.4 Å². The van der Waals surface area contributed by atoms with Gasteiger partial charge in [0.2, 0.25) is 0 Å². The van der Waals surface area contributed by atoms with Crippen molar-refractivity contribution in [2.45, 2.75) is 111 Å². The highest BCUT2D eigenvalue weighted by Gasteiger charge is 2.59. The van der Waals surface area contributed by atoms with Gasteiger partial charge in [0, 0.05) is 29.8 Å². The molecule has 8 atom stereocenters. The molecule has 3 aromatic rings. The number of pyridine rings is 1. The molecule has 4 aliphatic carbocycles. The lowest BCUT2D eigenvalue weighted by atomic mass is 9.44. The number of aliphatic carboxylic acids is 1. The second-order valence-corrected chi connectivity index (χ2v) is 16.6. The number of carboxylic acid groups (broad SMARTS) is 1. The van der Waals surface area contributed by atoms with Crippen LogP contribution in [0.15, 0.2) is 48.5 Å². The number of nitrogens with one attached hydrogen (secondary N) is 1. The van der Waals surface area contributed by atoms with Crippen LogP contribution >= 0.6 is 0 Å². The van der Waals surface area contributed by atoms with E-state index in [2.05, 4.69) is 60.3 Å². The van der Waals surface area contributed by atoms with E-state index in [4.69, 9.17) is 0 Å². The first kappa shape index (κ1) is 33.8. The Bertz CT molecular complexity index is 1790. The van der Waals surface area contributed by atoms with Crippen LogP contribution in [0.4, 0.5) is 5.69 Å². The van der Waals surface area contributed by atoms with Crippen LogP contribution in [0.2, 0.25) is 0 Å². The van der Waals surface area contributed by atoms with E-state index in [0.717, 1.165) is 69.9 Å². The number of ketones is 1. The summed E-state index contributed by atoms with van der Waals surface area (Å²) in [4.78, 5) is 28.4. The maximum atomic E-state index is 12.5. The first-order chi connectivity index (χ1) is 23.6. The fourth-order valence-electron chi connectivity index (χ4n) is 11.5. The number of carboxylic acids is 1. The number of aryl methyl sites for hydroxylation is 1. The minimum Gasteiger partial charge on any atom is -0.481 e. The van der Waals surface area contributed by atoms with Gasteiger partial charge in [-0.15, -0.1) is 0 Å². The number of carbonyl (C=O) groups is 2. The Kier molecular flexibility index (Phi) is 9.37. The molecule has 5 heteroatoms. The molecule has 4 aliphatic rings. The van der Waals surface area contributed by atoms with Crippen molar-refractivity contribution >= 4 is 28.3 Å². The lowest BCUT2D eigenvalue weighted by Crippen LogP contribution is -2.53. The zero-order valence-corrected chi connectivity index (χ0v) is 30.0. The van der Waals surface area contributed by atoms with E-state index in [1.54, 1.807) is 6.92 Å². The third kappa shape index (κ3) is 6.42. The number of carbonyl (C=O) groups excluding carboxylic acids is 1. The van der Waals surface area contributed by atoms with E-state index in [-0.39, 0.29) is 5.78 Å². The molecule has 258 valence electrons. The maximum Gasteiger partial charge on any atom is 0.303 e. The van der Waals surface area contributed by atoms with Crippen molar-refractivity contribution in [1.29, 1.82) is 0 Å². The van der Waals surface area contributed by atoms with Crippen LogP contribution in [0.25, 0.3) is 10.9 Å². The van der Waals surface area contributed by atoms with Gasteiger partial charge in [-0.3, -0.25) is 14.6 Å². The topological polar surface area (TPSA) is 79.3 Å². The average molecular weight is 659 g/mol. The number of hydrogen-bond acceptors (Lipinski definition) is 4. The van der Waals surface area contributed by atoms with Gasteiger partial charge in [-0.1, -0.05) is 56.0 Å². The largest absolute Gasteiger partial charge is 0.481 e. The van der Waals surface area contributed by atoms with Crippen LogP contribution in [-0.2, 0) is 11.3 Å². The fourth-order valence-corrected chi connectivity index (χ4v) is 11.5. The highest BCUT2D eigenvalue weighted by atomic mass is 16.4. The summed E-state index contributed by atoms with van der Waals surface area (Å²) in [6.07, 6.45) is 14.1. The number of para-hydroxylation sites is 1. The number of nitrogens with zero attached hydrogens (tertiary/aromatic N) is 1. The van der Waals surface area contributed by atoms with Gasteiger partial charge >= 0.3 is 5.97 Å². The van der Waals surface area contributed by atoms with Crippen molar-refractivity contribution in [2.24, 2.45) is 46.3 Å². The standard InChI is InChI=1S/C44H54N2O3/c1-28-41(29(2)47)42(36-9-5-6-10-39(36)46-28)45-27-32-16-13-30(14-17-32)12-15-31-22-24-44(4)34(26-31)18-20-35-37-21-19-33(8-7-11-40(48)49)43(37,3)25-23-38(35)44/h5-6,9-10,13-14,16-17,31,33-35,37-38H,7-8,11,18-27H2,1-4H3,(H,45,46)(H,48,49). The molecular weight excluding hydrogens is 604 g/mol. The van der Waals surface area contributed by atoms with Crippen molar-refractivity contribution in [3.8, 4) is 11.8 Å². The van der Waals surface area contributed by atoms with Gasteiger partial charge in [-0.2, -0.15) is 0 Å². The molecule has 5 nitrogen and oxygen atoms in total. The first-order valence-electron chi connectivity index (χ1n) is 19.0. The van der Waals surface area contributed by atoms with E-state index in [1.807, 2.05) is 31.2 Å². The molecule has 8 unspecified atom stereocenters. The molecule has 4 saturated carbocycles. The number of rotatable bonds is 8. The molecule has 1 aromatic heterocycles. The Morgan fingerprint density at radius 3 is 2.47 bits per heavy atom. The number of anilines is 1. The van der Waals surface area contributed by atoms with E-state index in [9.17, 15) is 14.7 Å². The minimum atomic E-state index is -0.645. The Morgan fingerprint density at radius 2 is 1.69 bits per heavy atom. The maximum absolute atomic E-state index is 12.5. The molecule has 0 aliphatic heterocycles. The molecule has 0 radical (unpaired) electrons. The molecule has 0 saturated heterocycles.